The summed E-state index contributed by atoms with van der Waals surface area (Å²) in [6.07, 6.45) is 0. The highest BCUT2D eigenvalue weighted by atomic mass is 15.2. The van der Waals surface area contributed by atoms with Crippen LogP contribution in [0.3, 0.4) is 0 Å². The third kappa shape index (κ3) is 6.69. The van der Waals surface area contributed by atoms with Crippen molar-refractivity contribution in [2.24, 2.45) is 0 Å². The van der Waals surface area contributed by atoms with Gasteiger partial charge in [0, 0.05) is 17.1 Å². The zero-order valence-electron chi connectivity index (χ0n) is 27.7. The maximum atomic E-state index is 3.78. The summed E-state index contributed by atoms with van der Waals surface area (Å²) in [5, 5.41) is 3.78. The molecule has 0 heterocycles. The summed E-state index contributed by atoms with van der Waals surface area (Å²) < 4.78 is 0. The van der Waals surface area contributed by atoms with E-state index in [1.54, 1.807) is 0 Å². The van der Waals surface area contributed by atoms with E-state index in [1.165, 1.54) is 38.9 Å². The molecule has 2 nitrogen and oxygen atoms in total. The molecule has 8 rings (SSSR count). The molecular formula is C48H36N2. The zero-order valence-corrected chi connectivity index (χ0v) is 27.7. The Hall–Kier alpha value is -6.64. The molecule has 50 heavy (non-hydrogen) atoms. The molecule has 0 fully saturated rings. The van der Waals surface area contributed by atoms with Gasteiger partial charge in [-0.1, -0.05) is 164 Å². The summed E-state index contributed by atoms with van der Waals surface area (Å²) in [5.41, 5.74) is 14.7. The fourth-order valence-corrected chi connectivity index (χ4v) is 6.46. The van der Waals surface area contributed by atoms with E-state index in [4.69, 9.17) is 0 Å². The second-order valence-electron chi connectivity index (χ2n) is 12.3. The predicted octanol–water partition coefficient (Wildman–Crippen LogP) is 13.6. The molecule has 0 saturated carbocycles. The lowest BCUT2D eigenvalue weighted by molar-refractivity contribution is 1.28. The van der Waals surface area contributed by atoms with Crippen molar-refractivity contribution in [3.8, 4) is 44.5 Å². The largest absolute Gasteiger partial charge is 0.354 e. The van der Waals surface area contributed by atoms with Crippen molar-refractivity contribution in [3.63, 3.8) is 0 Å². The lowest BCUT2D eigenvalue weighted by atomic mass is 10.0. The molecule has 0 bridgehead atoms. The van der Waals surface area contributed by atoms with Crippen molar-refractivity contribution in [3.05, 3.63) is 212 Å². The van der Waals surface area contributed by atoms with E-state index in [0.717, 1.165) is 34.0 Å². The summed E-state index contributed by atoms with van der Waals surface area (Å²) in [7, 11) is 0. The number of hydrogen-bond donors (Lipinski definition) is 1. The van der Waals surface area contributed by atoms with E-state index in [-0.39, 0.29) is 0 Å². The number of anilines is 5. The van der Waals surface area contributed by atoms with Crippen LogP contribution in [0.2, 0.25) is 0 Å². The van der Waals surface area contributed by atoms with Gasteiger partial charge >= 0.3 is 0 Å². The van der Waals surface area contributed by atoms with Crippen LogP contribution in [0.5, 0.6) is 0 Å². The number of nitrogens with one attached hydrogen (secondary N) is 1. The van der Waals surface area contributed by atoms with Gasteiger partial charge in [-0.15, -0.1) is 0 Å². The minimum Gasteiger partial charge on any atom is -0.354 e. The van der Waals surface area contributed by atoms with Gasteiger partial charge in [0.05, 0.1) is 11.4 Å². The van der Waals surface area contributed by atoms with Gasteiger partial charge in [-0.2, -0.15) is 0 Å². The first-order valence-corrected chi connectivity index (χ1v) is 17.0. The third-order valence-corrected chi connectivity index (χ3v) is 9.08. The van der Waals surface area contributed by atoms with Gasteiger partial charge in [0.25, 0.3) is 0 Å². The van der Waals surface area contributed by atoms with E-state index in [9.17, 15) is 0 Å². The van der Waals surface area contributed by atoms with Crippen LogP contribution in [-0.4, -0.2) is 0 Å². The van der Waals surface area contributed by atoms with E-state index < -0.39 is 0 Å². The lowest BCUT2D eigenvalue weighted by Gasteiger charge is -2.29. The molecule has 0 aliphatic carbocycles. The summed E-state index contributed by atoms with van der Waals surface area (Å²) in [5.74, 6) is 0. The molecule has 0 spiro atoms. The number of rotatable bonds is 9. The van der Waals surface area contributed by atoms with Crippen molar-refractivity contribution in [2.45, 2.75) is 0 Å². The van der Waals surface area contributed by atoms with Gasteiger partial charge < -0.3 is 10.2 Å². The van der Waals surface area contributed by atoms with Crippen LogP contribution >= 0.6 is 0 Å². The van der Waals surface area contributed by atoms with E-state index in [1.807, 2.05) is 0 Å². The second kappa shape index (κ2) is 14.2. The van der Waals surface area contributed by atoms with Gasteiger partial charge in [0.2, 0.25) is 0 Å². The first kappa shape index (κ1) is 30.7. The minimum atomic E-state index is 1.01. The standard InChI is InChI=1S/C48H36N2/c1-5-13-36(14-6-1)40-21-28-44(29-22-40)49-47-34-27-43(39-19-11-4-12-20-39)35-48(47)50(45-30-23-41(24-31-45)37-15-7-2-8-16-37)46-32-25-42(26-33-46)38-17-9-3-10-18-38/h1-35,49H. The monoisotopic (exact) mass is 640 g/mol. The lowest BCUT2D eigenvalue weighted by Crippen LogP contribution is -2.12. The first-order chi connectivity index (χ1) is 24.8. The molecule has 0 aliphatic heterocycles. The van der Waals surface area contributed by atoms with Crippen LogP contribution in [0.15, 0.2) is 212 Å². The maximum Gasteiger partial charge on any atom is 0.0702 e. The van der Waals surface area contributed by atoms with Crippen LogP contribution in [0.4, 0.5) is 28.4 Å². The van der Waals surface area contributed by atoms with Gasteiger partial charge in [0.15, 0.2) is 0 Å². The van der Waals surface area contributed by atoms with Gasteiger partial charge in [-0.25, -0.2) is 0 Å². The highest BCUT2D eigenvalue weighted by Gasteiger charge is 2.19. The number of benzene rings is 8. The van der Waals surface area contributed by atoms with Crippen molar-refractivity contribution in [1.82, 2.24) is 0 Å². The smallest absolute Gasteiger partial charge is 0.0702 e. The van der Waals surface area contributed by atoms with E-state index >= 15 is 0 Å². The van der Waals surface area contributed by atoms with E-state index in [0.29, 0.717) is 0 Å². The fraction of sp³-hybridized carbons (Fsp3) is 0. The molecular weight excluding hydrogens is 605 g/mol. The Labute approximate surface area is 294 Å². The van der Waals surface area contributed by atoms with Crippen LogP contribution < -0.4 is 10.2 Å². The molecule has 0 aromatic heterocycles. The quantitative estimate of drug-likeness (QED) is 0.169. The molecule has 0 amide bonds. The van der Waals surface area contributed by atoms with Crippen molar-refractivity contribution in [2.75, 3.05) is 10.2 Å². The van der Waals surface area contributed by atoms with Gasteiger partial charge in [-0.05, 0) is 93.0 Å². The Morgan fingerprint density at radius 3 is 1.00 bits per heavy atom. The molecule has 8 aromatic rings. The molecule has 238 valence electrons. The highest BCUT2D eigenvalue weighted by Crippen LogP contribution is 2.43. The molecule has 0 saturated heterocycles. The Kier molecular flexibility index (Phi) is 8.73. The molecule has 8 aromatic carbocycles. The van der Waals surface area contributed by atoms with Crippen molar-refractivity contribution in [1.29, 1.82) is 0 Å². The topological polar surface area (TPSA) is 15.3 Å². The predicted molar refractivity (Wildman–Crippen MR) is 213 cm³/mol. The number of hydrogen-bond acceptors (Lipinski definition) is 2. The normalized spacial score (nSPS) is 10.8. The average Bonchev–Trinajstić information content (AvgIpc) is 3.21. The zero-order chi connectivity index (χ0) is 33.5. The summed E-state index contributed by atoms with van der Waals surface area (Å²) in [4.78, 5) is 2.36. The molecule has 0 atom stereocenters. The van der Waals surface area contributed by atoms with Crippen molar-refractivity contribution >= 4 is 28.4 Å². The fourth-order valence-electron chi connectivity index (χ4n) is 6.46. The minimum absolute atomic E-state index is 1.01. The SMILES string of the molecule is c1ccc(-c2ccc(Nc3ccc(-c4ccccc4)cc3N(c3ccc(-c4ccccc4)cc3)c3ccc(-c4ccccc4)cc3)cc2)cc1. The summed E-state index contributed by atoms with van der Waals surface area (Å²) in [6.45, 7) is 0. The highest BCUT2D eigenvalue weighted by molar-refractivity contribution is 5.90. The summed E-state index contributed by atoms with van der Waals surface area (Å²) >= 11 is 0. The van der Waals surface area contributed by atoms with Crippen LogP contribution in [0.25, 0.3) is 44.5 Å². The molecule has 0 unspecified atom stereocenters. The Balaban J connectivity index is 1.25. The Bertz CT molecular complexity index is 2200. The van der Waals surface area contributed by atoms with Gasteiger partial charge in [0.1, 0.15) is 0 Å². The Morgan fingerprint density at radius 1 is 0.280 bits per heavy atom. The summed E-state index contributed by atoms with van der Waals surface area (Å²) in [6, 6.07) is 75.3. The van der Waals surface area contributed by atoms with Crippen molar-refractivity contribution < 1.29 is 0 Å². The Morgan fingerprint density at radius 2 is 0.600 bits per heavy atom. The van der Waals surface area contributed by atoms with Crippen LogP contribution in [0.1, 0.15) is 0 Å². The molecule has 0 aliphatic rings. The average molecular weight is 641 g/mol. The van der Waals surface area contributed by atoms with Crippen LogP contribution in [-0.2, 0) is 0 Å². The first-order valence-electron chi connectivity index (χ1n) is 17.0. The number of nitrogens with zero attached hydrogens (tertiary/aromatic N) is 1. The molecule has 0 radical (unpaired) electrons. The van der Waals surface area contributed by atoms with E-state index in [2.05, 4.69) is 223 Å². The van der Waals surface area contributed by atoms with Gasteiger partial charge in [-0.3, -0.25) is 0 Å². The second-order valence-corrected chi connectivity index (χ2v) is 12.3. The molecule has 1 N–H and O–H groups in total. The molecule has 2 heteroatoms. The third-order valence-electron chi connectivity index (χ3n) is 9.08. The van der Waals surface area contributed by atoms with Crippen LogP contribution in [0, 0.1) is 0 Å². The maximum absolute atomic E-state index is 3.78.